The van der Waals surface area contributed by atoms with Crippen molar-refractivity contribution < 1.29 is 19.1 Å². The summed E-state index contributed by atoms with van der Waals surface area (Å²) >= 11 is 14.6. The van der Waals surface area contributed by atoms with Gasteiger partial charge in [0.15, 0.2) is 16.6 Å². The fraction of sp³-hybridized carbons (Fsp3) is 0.150. The van der Waals surface area contributed by atoms with Crippen molar-refractivity contribution >= 4 is 68.4 Å². The smallest absolute Gasteiger partial charge is 0.270 e. The molecule has 150 valence electrons. The van der Waals surface area contributed by atoms with Crippen LogP contribution in [0.2, 0.25) is 5.02 Å². The maximum Gasteiger partial charge on any atom is 0.270 e. The number of nitrogens with zero attached hydrogens (tertiary/aromatic N) is 1. The summed E-state index contributed by atoms with van der Waals surface area (Å²) in [7, 11) is 1.53. The standard InChI is InChI=1S/C20H16BrClN2O4S/c1-3-28-16-9-11(8-15(21)17(16)27-2)7-14-18(25)23-20(29)24(19(14)26)13-6-4-5-12(22)10-13/h4-10H,3H2,1-2H3,(H,23,25,29). The third-order valence-corrected chi connectivity index (χ3v) is 5.12. The van der Waals surface area contributed by atoms with Crippen LogP contribution in [0.15, 0.2) is 46.4 Å². The van der Waals surface area contributed by atoms with Crippen molar-refractivity contribution in [2.75, 3.05) is 18.6 Å². The van der Waals surface area contributed by atoms with Gasteiger partial charge in [0.1, 0.15) is 5.57 Å². The van der Waals surface area contributed by atoms with Gasteiger partial charge < -0.3 is 9.47 Å². The van der Waals surface area contributed by atoms with Crippen LogP contribution in [0.25, 0.3) is 6.08 Å². The summed E-state index contributed by atoms with van der Waals surface area (Å²) < 4.78 is 11.6. The lowest BCUT2D eigenvalue weighted by Gasteiger charge is -2.29. The van der Waals surface area contributed by atoms with Crippen LogP contribution in [0, 0.1) is 0 Å². The lowest BCUT2D eigenvalue weighted by molar-refractivity contribution is -0.122. The van der Waals surface area contributed by atoms with E-state index < -0.39 is 11.8 Å². The molecule has 1 heterocycles. The Morgan fingerprint density at radius 3 is 2.69 bits per heavy atom. The molecule has 0 bridgehead atoms. The molecule has 29 heavy (non-hydrogen) atoms. The summed E-state index contributed by atoms with van der Waals surface area (Å²) in [6.07, 6.45) is 1.48. The van der Waals surface area contributed by atoms with Gasteiger partial charge in [-0.2, -0.15) is 0 Å². The molecular weight excluding hydrogens is 480 g/mol. The lowest BCUT2D eigenvalue weighted by Crippen LogP contribution is -2.54. The lowest BCUT2D eigenvalue weighted by atomic mass is 10.1. The van der Waals surface area contributed by atoms with Crippen molar-refractivity contribution in [3.05, 3.63) is 57.0 Å². The second-order valence-corrected chi connectivity index (χ2v) is 7.58. The molecule has 0 aliphatic carbocycles. The van der Waals surface area contributed by atoms with E-state index in [2.05, 4.69) is 21.2 Å². The van der Waals surface area contributed by atoms with Crippen LogP contribution in [0.1, 0.15) is 12.5 Å². The Morgan fingerprint density at radius 1 is 1.28 bits per heavy atom. The van der Waals surface area contributed by atoms with Crippen molar-refractivity contribution in [3.63, 3.8) is 0 Å². The fourth-order valence-electron chi connectivity index (χ4n) is 2.81. The van der Waals surface area contributed by atoms with Crippen LogP contribution >= 0.6 is 39.7 Å². The number of carbonyl (C=O) groups excluding carboxylic acids is 2. The van der Waals surface area contributed by atoms with Gasteiger partial charge >= 0.3 is 0 Å². The van der Waals surface area contributed by atoms with E-state index >= 15 is 0 Å². The summed E-state index contributed by atoms with van der Waals surface area (Å²) in [4.78, 5) is 26.8. The number of ether oxygens (including phenoxy) is 2. The number of hydrogen-bond acceptors (Lipinski definition) is 5. The fourth-order valence-corrected chi connectivity index (χ4v) is 3.89. The molecule has 2 aromatic carbocycles. The Morgan fingerprint density at radius 2 is 2.03 bits per heavy atom. The van der Waals surface area contributed by atoms with Crippen LogP contribution < -0.4 is 19.7 Å². The zero-order valence-electron chi connectivity index (χ0n) is 15.5. The van der Waals surface area contributed by atoms with Gasteiger partial charge in [0.05, 0.1) is 23.9 Å². The Hall–Kier alpha value is -2.42. The van der Waals surface area contributed by atoms with Crippen LogP contribution in [0.5, 0.6) is 11.5 Å². The Balaban J connectivity index is 2.05. The first-order chi connectivity index (χ1) is 13.8. The van der Waals surface area contributed by atoms with E-state index in [1.54, 1.807) is 36.4 Å². The summed E-state index contributed by atoms with van der Waals surface area (Å²) in [5.41, 5.74) is 0.973. The highest BCUT2D eigenvalue weighted by molar-refractivity contribution is 9.10. The normalized spacial score (nSPS) is 15.5. The minimum atomic E-state index is -0.580. The maximum absolute atomic E-state index is 13.1. The molecule has 1 saturated heterocycles. The first-order valence-corrected chi connectivity index (χ1v) is 10.1. The van der Waals surface area contributed by atoms with Gasteiger partial charge in [0.2, 0.25) is 0 Å². The Labute approximate surface area is 186 Å². The molecule has 0 saturated carbocycles. The molecule has 1 aliphatic rings. The highest BCUT2D eigenvalue weighted by Crippen LogP contribution is 2.37. The summed E-state index contributed by atoms with van der Waals surface area (Å²) in [6.45, 7) is 2.28. The SMILES string of the molecule is CCOc1cc(C=C2C(=O)NC(=S)N(c3cccc(Cl)c3)C2=O)cc(Br)c1OC. The van der Waals surface area contributed by atoms with Gasteiger partial charge in [-0.1, -0.05) is 17.7 Å². The van der Waals surface area contributed by atoms with E-state index in [-0.39, 0.29) is 10.7 Å². The highest BCUT2D eigenvalue weighted by Gasteiger charge is 2.34. The van der Waals surface area contributed by atoms with Crippen molar-refractivity contribution in [2.24, 2.45) is 0 Å². The van der Waals surface area contributed by atoms with Crippen LogP contribution in [-0.2, 0) is 9.59 Å². The average molecular weight is 496 g/mol. The van der Waals surface area contributed by atoms with E-state index in [0.717, 1.165) is 0 Å². The Kier molecular flexibility index (Phi) is 6.56. The van der Waals surface area contributed by atoms with E-state index in [1.165, 1.54) is 18.1 Å². The summed E-state index contributed by atoms with van der Waals surface area (Å²) in [5.74, 6) is -0.119. The molecule has 1 fully saturated rings. The Bertz CT molecular complexity index is 1040. The minimum absolute atomic E-state index is 0.00895. The number of amides is 2. The second kappa shape index (κ2) is 8.94. The number of thiocarbonyl (C=S) groups is 1. The van der Waals surface area contributed by atoms with Crippen LogP contribution in [0.3, 0.4) is 0 Å². The van der Waals surface area contributed by atoms with Gasteiger partial charge in [-0.05, 0) is 77.0 Å². The largest absolute Gasteiger partial charge is 0.492 e. The van der Waals surface area contributed by atoms with E-state index in [1.807, 2.05) is 6.92 Å². The van der Waals surface area contributed by atoms with E-state index in [4.69, 9.17) is 33.3 Å². The van der Waals surface area contributed by atoms with Crippen molar-refractivity contribution in [1.29, 1.82) is 0 Å². The molecule has 0 unspecified atom stereocenters. The zero-order valence-corrected chi connectivity index (χ0v) is 18.7. The second-order valence-electron chi connectivity index (χ2n) is 5.90. The predicted octanol–water partition coefficient (Wildman–Crippen LogP) is 4.34. The number of hydrogen-bond donors (Lipinski definition) is 1. The minimum Gasteiger partial charge on any atom is -0.492 e. The predicted molar refractivity (Wildman–Crippen MR) is 120 cm³/mol. The third kappa shape index (κ3) is 4.44. The molecule has 3 rings (SSSR count). The number of rotatable bonds is 5. The summed E-state index contributed by atoms with van der Waals surface area (Å²) in [6, 6.07) is 10.1. The van der Waals surface area contributed by atoms with Gasteiger partial charge in [-0.15, -0.1) is 0 Å². The third-order valence-electron chi connectivity index (χ3n) is 4.01. The van der Waals surface area contributed by atoms with Crippen molar-refractivity contribution in [2.45, 2.75) is 6.92 Å². The van der Waals surface area contributed by atoms with Crippen molar-refractivity contribution in [3.8, 4) is 11.5 Å². The number of nitrogens with one attached hydrogen (secondary N) is 1. The molecular formula is C20H16BrClN2O4S. The molecule has 0 aromatic heterocycles. The molecule has 1 aliphatic heterocycles. The van der Waals surface area contributed by atoms with Crippen LogP contribution in [0.4, 0.5) is 5.69 Å². The number of halogens is 2. The molecule has 2 aromatic rings. The van der Waals surface area contributed by atoms with Gasteiger partial charge in [-0.25, -0.2) is 0 Å². The molecule has 0 spiro atoms. The van der Waals surface area contributed by atoms with Crippen molar-refractivity contribution in [1.82, 2.24) is 5.32 Å². The van der Waals surface area contributed by atoms with Gasteiger partial charge in [0.25, 0.3) is 11.8 Å². The molecule has 9 heteroatoms. The first kappa shape index (κ1) is 21.3. The molecule has 2 amide bonds. The quantitative estimate of drug-likeness (QED) is 0.380. The summed E-state index contributed by atoms with van der Waals surface area (Å²) in [5, 5.41) is 2.98. The zero-order chi connectivity index (χ0) is 21.1. The van der Waals surface area contributed by atoms with Gasteiger partial charge in [0, 0.05) is 5.02 Å². The topological polar surface area (TPSA) is 67.9 Å². The number of benzene rings is 2. The van der Waals surface area contributed by atoms with Crippen LogP contribution in [-0.4, -0.2) is 30.6 Å². The highest BCUT2D eigenvalue weighted by atomic mass is 79.9. The number of anilines is 1. The number of carbonyl (C=O) groups is 2. The van der Waals surface area contributed by atoms with E-state index in [9.17, 15) is 9.59 Å². The molecule has 0 atom stereocenters. The molecule has 1 N–H and O–H groups in total. The average Bonchev–Trinajstić information content (AvgIpc) is 2.65. The monoisotopic (exact) mass is 494 g/mol. The maximum atomic E-state index is 13.1. The molecule has 0 radical (unpaired) electrons. The van der Waals surface area contributed by atoms with Gasteiger partial charge in [-0.3, -0.25) is 19.8 Å². The number of methoxy groups -OCH3 is 1. The van der Waals surface area contributed by atoms with E-state index in [0.29, 0.717) is 38.9 Å². The first-order valence-electron chi connectivity index (χ1n) is 8.53. The molecule has 6 nitrogen and oxygen atoms in total.